The molecule has 0 amide bonds. The maximum absolute atomic E-state index is 13.0. The molecule has 1 aromatic rings. The summed E-state index contributed by atoms with van der Waals surface area (Å²) in [4.78, 5) is 81.4. The first-order valence-corrected chi connectivity index (χ1v) is 14.6. The molecule has 2 rings (SSSR count). The molecule has 0 aromatic carbocycles. The van der Waals surface area contributed by atoms with Crippen molar-refractivity contribution in [1.82, 2.24) is 9.97 Å². The molecule has 0 bridgehead atoms. The fourth-order valence-corrected chi connectivity index (χ4v) is 5.20. The smallest absolute Gasteiger partial charge is 0.200 e. The summed E-state index contributed by atoms with van der Waals surface area (Å²) in [6.07, 6.45) is 6.66. The van der Waals surface area contributed by atoms with E-state index in [0.717, 1.165) is 32.1 Å². The third kappa shape index (κ3) is 12.2. The predicted octanol–water partition coefficient (Wildman–Crippen LogP) is 4.70. The Labute approximate surface area is 242 Å². The van der Waals surface area contributed by atoms with Gasteiger partial charge in [-0.25, -0.2) is 9.97 Å². The number of hydrogen-bond acceptors (Lipinski definition) is 10. The lowest BCUT2D eigenvalue weighted by molar-refractivity contribution is -0.128. The highest BCUT2D eigenvalue weighted by Gasteiger charge is 2.39. The van der Waals surface area contributed by atoms with E-state index in [1.165, 1.54) is 21.1 Å². The number of aromatic nitrogens is 2. The van der Waals surface area contributed by atoms with Crippen LogP contribution in [0.25, 0.3) is 0 Å². The first-order valence-electron chi connectivity index (χ1n) is 14.6. The van der Waals surface area contributed by atoms with E-state index in [9.17, 15) is 28.8 Å². The Kier molecular flexibility index (Phi) is 14.8. The van der Waals surface area contributed by atoms with Crippen LogP contribution in [0.5, 0.6) is 0 Å². The molecule has 1 fully saturated rings. The van der Waals surface area contributed by atoms with Gasteiger partial charge in [0.05, 0.1) is 5.69 Å². The Morgan fingerprint density at radius 1 is 0.707 bits per heavy atom. The molecule has 0 unspecified atom stereocenters. The quantitative estimate of drug-likeness (QED) is 0.190. The summed E-state index contributed by atoms with van der Waals surface area (Å²) in [5, 5.41) is 0. The van der Waals surface area contributed by atoms with Crippen LogP contribution in [-0.2, 0) is 43.7 Å². The third-order valence-corrected chi connectivity index (χ3v) is 7.65. The summed E-state index contributed by atoms with van der Waals surface area (Å²) in [6.45, 7) is 1.41. The van der Waals surface area contributed by atoms with E-state index >= 15 is 0 Å². The number of ether oxygens (including phenoxy) is 2. The minimum Gasteiger partial charge on any atom is -0.350 e. The van der Waals surface area contributed by atoms with Crippen LogP contribution in [0.15, 0.2) is 12.3 Å². The van der Waals surface area contributed by atoms with Gasteiger partial charge >= 0.3 is 0 Å². The minimum atomic E-state index is -0.626. The number of Topliss-reactive ketones (excluding diaryl/α,β-unsaturated/α-hetero) is 6. The molecule has 1 heterocycles. The van der Waals surface area contributed by atoms with Gasteiger partial charge in [-0.1, -0.05) is 19.3 Å². The van der Waals surface area contributed by atoms with Gasteiger partial charge in [0, 0.05) is 96.5 Å². The van der Waals surface area contributed by atoms with Crippen LogP contribution in [0.1, 0.15) is 127 Å². The summed E-state index contributed by atoms with van der Waals surface area (Å²) in [5.74, 6) is -0.161. The van der Waals surface area contributed by atoms with Crippen molar-refractivity contribution in [1.29, 1.82) is 0 Å². The molecule has 1 aromatic heterocycles. The number of nitrogens with zero attached hydrogens (tertiary/aromatic N) is 2. The standard InChI is InChI=1S/C31H44N2O8/c1-22(34)7-8-23(35)9-10-24(36)11-12-25(37)13-14-26(38)15-16-27(39)21-31(18-5-4-6-19-31)30-32-20-17-28(33-30)29(40-2)41-3/h17,20,29H,4-16,18-19,21H2,1-3H3. The zero-order chi connectivity index (χ0) is 30.3. The molecule has 0 saturated heterocycles. The fourth-order valence-electron chi connectivity index (χ4n) is 5.20. The Bertz CT molecular complexity index is 1070. The first kappa shape index (κ1) is 34.2. The first-order chi connectivity index (χ1) is 19.6. The molecule has 10 nitrogen and oxygen atoms in total. The molecule has 41 heavy (non-hydrogen) atoms. The zero-order valence-corrected chi connectivity index (χ0v) is 24.7. The monoisotopic (exact) mass is 572 g/mol. The molecule has 0 aliphatic heterocycles. The summed E-state index contributed by atoms with van der Waals surface area (Å²) < 4.78 is 10.7. The number of methoxy groups -OCH3 is 2. The second-order valence-electron chi connectivity index (χ2n) is 11.0. The summed E-state index contributed by atoms with van der Waals surface area (Å²) >= 11 is 0. The summed E-state index contributed by atoms with van der Waals surface area (Å²) in [5.41, 5.74) is 0.109. The van der Waals surface area contributed by atoms with E-state index < -0.39 is 11.7 Å². The van der Waals surface area contributed by atoms with Gasteiger partial charge in [-0.3, -0.25) is 24.0 Å². The number of carbonyl (C=O) groups is 6. The van der Waals surface area contributed by atoms with E-state index in [0.29, 0.717) is 11.5 Å². The molecule has 0 spiro atoms. The third-order valence-electron chi connectivity index (χ3n) is 7.65. The van der Waals surface area contributed by atoms with E-state index in [1.807, 2.05) is 0 Å². The Hall–Kier alpha value is -2.98. The van der Waals surface area contributed by atoms with Crippen molar-refractivity contribution in [2.45, 2.75) is 121 Å². The highest BCUT2D eigenvalue weighted by atomic mass is 16.7. The van der Waals surface area contributed by atoms with Gasteiger partial charge in [-0.15, -0.1) is 0 Å². The molecule has 0 radical (unpaired) electrons. The van der Waals surface area contributed by atoms with Crippen molar-refractivity contribution < 1.29 is 38.2 Å². The lowest BCUT2D eigenvalue weighted by Gasteiger charge is -2.35. The largest absolute Gasteiger partial charge is 0.350 e. The molecule has 0 atom stereocenters. The molecule has 1 saturated carbocycles. The van der Waals surface area contributed by atoms with Crippen LogP contribution in [0.4, 0.5) is 0 Å². The van der Waals surface area contributed by atoms with Crippen molar-refractivity contribution in [3.05, 3.63) is 23.8 Å². The van der Waals surface area contributed by atoms with E-state index in [1.54, 1.807) is 12.3 Å². The van der Waals surface area contributed by atoms with E-state index in [4.69, 9.17) is 14.5 Å². The van der Waals surface area contributed by atoms with E-state index in [2.05, 4.69) is 4.98 Å². The molecular weight excluding hydrogens is 528 g/mol. The second-order valence-corrected chi connectivity index (χ2v) is 11.0. The lowest BCUT2D eigenvalue weighted by Crippen LogP contribution is -2.34. The van der Waals surface area contributed by atoms with Crippen LogP contribution >= 0.6 is 0 Å². The number of hydrogen-bond donors (Lipinski definition) is 0. The molecule has 1 aliphatic rings. The van der Waals surface area contributed by atoms with Crippen molar-refractivity contribution >= 4 is 34.7 Å². The summed E-state index contributed by atoms with van der Waals surface area (Å²) in [7, 11) is 3.07. The Morgan fingerprint density at radius 2 is 1.15 bits per heavy atom. The molecule has 226 valence electrons. The zero-order valence-electron chi connectivity index (χ0n) is 24.7. The van der Waals surface area contributed by atoms with Gasteiger partial charge in [-0.05, 0) is 25.8 Å². The van der Waals surface area contributed by atoms with Gasteiger partial charge < -0.3 is 14.3 Å². The fraction of sp³-hybridized carbons (Fsp3) is 0.677. The van der Waals surface area contributed by atoms with Crippen LogP contribution < -0.4 is 0 Å². The second kappa shape index (κ2) is 17.7. The van der Waals surface area contributed by atoms with E-state index in [-0.39, 0.29) is 105 Å². The van der Waals surface area contributed by atoms with Crippen molar-refractivity contribution in [2.75, 3.05) is 14.2 Å². The number of carbonyl (C=O) groups excluding carboxylic acids is 6. The highest BCUT2D eigenvalue weighted by Crippen LogP contribution is 2.41. The predicted molar refractivity (Wildman–Crippen MR) is 150 cm³/mol. The SMILES string of the molecule is COC(OC)c1ccnc(C2(CC(=O)CCC(=O)CCC(=O)CCC(=O)CCC(=O)CCC(C)=O)CCCCC2)n1. The Morgan fingerprint density at radius 3 is 1.59 bits per heavy atom. The topological polar surface area (TPSA) is 147 Å². The molecule has 10 heteroatoms. The average Bonchev–Trinajstić information content (AvgIpc) is 2.97. The van der Waals surface area contributed by atoms with Crippen molar-refractivity contribution in [3.63, 3.8) is 0 Å². The number of ketones is 6. The minimum absolute atomic E-state index is 0.0286. The normalized spacial score (nSPS) is 14.5. The van der Waals surface area contributed by atoms with Crippen LogP contribution in [0, 0.1) is 0 Å². The van der Waals surface area contributed by atoms with Crippen LogP contribution in [-0.4, -0.2) is 58.9 Å². The molecular formula is C31H44N2O8. The van der Waals surface area contributed by atoms with Gasteiger partial charge in [0.25, 0.3) is 0 Å². The average molecular weight is 573 g/mol. The Balaban J connectivity index is 1.78. The molecule has 0 N–H and O–H groups in total. The highest BCUT2D eigenvalue weighted by molar-refractivity contribution is 5.92. The van der Waals surface area contributed by atoms with Gasteiger partial charge in [0.15, 0.2) is 0 Å². The summed E-state index contributed by atoms with van der Waals surface area (Å²) in [6, 6.07) is 1.73. The maximum Gasteiger partial charge on any atom is 0.200 e. The maximum atomic E-state index is 13.0. The number of rotatable bonds is 21. The lowest BCUT2D eigenvalue weighted by atomic mass is 9.70. The van der Waals surface area contributed by atoms with Gasteiger partial charge in [-0.2, -0.15) is 0 Å². The molecule has 1 aliphatic carbocycles. The van der Waals surface area contributed by atoms with Crippen LogP contribution in [0.3, 0.4) is 0 Å². The van der Waals surface area contributed by atoms with Crippen molar-refractivity contribution in [3.8, 4) is 0 Å². The van der Waals surface area contributed by atoms with Gasteiger partial charge in [0.2, 0.25) is 6.29 Å². The van der Waals surface area contributed by atoms with Crippen LogP contribution in [0.2, 0.25) is 0 Å². The van der Waals surface area contributed by atoms with Gasteiger partial charge in [0.1, 0.15) is 40.5 Å². The van der Waals surface area contributed by atoms with Crippen molar-refractivity contribution in [2.24, 2.45) is 0 Å².